The summed E-state index contributed by atoms with van der Waals surface area (Å²) in [6.07, 6.45) is 1.00. The number of ether oxygens (including phenoxy) is 1. The lowest BCUT2D eigenvalue weighted by molar-refractivity contribution is 0.0600. The maximum atomic E-state index is 12.7. The van der Waals surface area contributed by atoms with Crippen molar-refractivity contribution in [1.29, 1.82) is 0 Å². The fourth-order valence-electron chi connectivity index (χ4n) is 4.07. The van der Waals surface area contributed by atoms with E-state index < -0.39 is 5.97 Å². The Morgan fingerprint density at radius 1 is 1.07 bits per heavy atom. The number of hydrogen-bond acceptors (Lipinski definition) is 4. The van der Waals surface area contributed by atoms with Gasteiger partial charge in [-0.05, 0) is 42.7 Å². The van der Waals surface area contributed by atoms with Crippen LogP contribution in [0.5, 0.6) is 0 Å². The third-order valence-electron chi connectivity index (χ3n) is 5.32. The van der Waals surface area contributed by atoms with E-state index in [0.29, 0.717) is 30.9 Å². The number of methoxy groups -OCH3 is 1. The maximum Gasteiger partial charge on any atom is 0.337 e. The molecule has 1 aromatic carbocycles. The van der Waals surface area contributed by atoms with Gasteiger partial charge in [-0.25, -0.2) is 9.59 Å². The van der Waals surface area contributed by atoms with Gasteiger partial charge in [-0.15, -0.1) is 0 Å². The molecule has 2 bridgehead atoms. The third kappa shape index (κ3) is 3.32. The summed E-state index contributed by atoms with van der Waals surface area (Å²) in [5, 5.41) is 2.89. The Morgan fingerprint density at radius 2 is 1.85 bits per heavy atom. The average Bonchev–Trinajstić information content (AvgIpc) is 2.68. The minimum absolute atomic E-state index is 0.0331. The summed E-state index contributed by atoms with van der Waals surface area (Å²) in [7, 11) is 1.33. The number of nitrogens with zero attached hydrogens (tertiary/aromatic N) is 2. The standard InChI is InChI=1S/C20H21N3O4/c1-27-19(25)14-5-7-16(8-6-14)21-20(26)22-10-13-9-15(12-22)17-3-2-4-18(24)23(17)11-13/h2-8,13,15H,9-12H2,1H3,(H,21,26)/t13-,15+/m0/s1. The van der Waals surface area contributed by atoms with Gasteiger partial charge in [0.1, 0.15) is 0 Å². The minimum Gasteiger partial charge on any atom is -0.465 e. The van der Waals surface area contributed by atoms with Gasteiger partial charge in [0.25, 0.3) is 5.56 Å². The molecule has 140 valence electrons. The number of pyridine rings is 1. The summed E-state index contributed by atoms with van der Waals surface area (Å²) in [6.45, 7) is 1.87. The van der Waals surface area contributed by atoms with E-state index in [2.05, 4.69) is 10.1 Å². The predicted molar refractivity (Wildman–Crippen MR) is 99.9 cm³/mol. The van der Waals surface area contributed by atoms with Crippen LogP contribution in [0.4, 0.5) is 10.5 Å². The highest BCUT2D eigenvalue weighted by Crippen LogP contribution is 2.35. The van der Waals surface area contributed by atoms with Crippen molar-refractivity contribution in [3.05, 3.63) is 64.1 Å². The van der Waals surface area contributed by atoms with Gasteiger partial charge in [0.15, 0.2) is 0 Å². The average molecular weight is 367 g/mol. The molecule has 7 heteroatoms. The lowest BCUT2D eigenvalue weighted by Gasteiger charge is -2.42. The topological polar surface area (TPSA) is 80.6 Å². The Bertz CT molecular complexity index is 935. The van der Waals surface area contributed by atoms with Crippen LogP contribution in [-0.4, -0.2) is 41.7 Å². The quantitative estimate of drug-likeness (QED) is 0.826. The molecule has 2 amide bonds. The van der Waals surface area contributed by atoms with Crippen LogP contribution in [0.3, 0.4) is 0 Å². The molecule has 3 heterocycles. The summed E-state index contributed by atoms with van der Waals surface area (Å²) < 4.78 is 6.52. The zero-order chi connectivity index (χ0) is 19.0. The largest absolute Gasteiger partial charge is 0.465 e. The number of carbonyl (C=O) groups is 2. The normalized spacial score (nSPS) is 20.6. The Labute approximate surface area is 156 Å². The van der Waals surface area contributed by atoms with Gasteiger partial charge in [-0.2, -0.15) is 0 Å². The molecule has 7 nitrogen and oxygen atoms in total. The van der Waals surface area contributed by atoms with Crippen molar-refractivity contribution < 1.29 is 14.3 Å². The van der Waals surface area contributed by atoms with Crippen molar-refractivity contribution >= 4 is 17.7 Å². The summed E-state index contributed by atoms with van der Waals surface area (Å²) in [5.74, 6) is 0.0493. The van der Waals surface area contributed by atoms with E-state index in [4.69, 9.17) is 0 Å². The number of fused-ring (bicyclic) bond motifs is 4. The van der Waals surface area contributed by atoms with Crippen molar-refractivity contribution in [2.24, 2.45) is 5.92 Å². The SMILES string of the molecule is COC(=O)c1ccc(NC(=O)N2C[C@@H]3C[C@H](C2)c2cccc(=O)n2C3)cc1. The fourth-order valence-corrected chi connectivity index (χ4v) is 4.07. The molecule has 0 aliphatic carbocycles. The number of hydrogen-bond donors (Lipinski definition) is 1. The van der Waals surface area contributed by atoms with E-state index in [1.54, 1.807) is 36.4 Å². The summed E-state index contributed by atoms with van der Waals surface area (Å²) in [5.41, 5.74) is 2.11. The number of rotatable bonds is 2. The molecular weight excluding hydrogens is 346 g/mol. The number of carbonyl (C=O) groups excluding carboxylic acids is 2. The van der Waals surface area contributed by atoms with Gasteiger partial charge in [-0.3, -0.25) is 4.79 Å². The first-order valence-electron chi connectivity index (χ1n) is 8.99. The molecule has 2 aliphatic heterocycles. The highest BCUT2D eigenvalue weighted by Gasteiger charge is 2.36. The number of esters is 1. The van der Waals surface area contributed by atoms with E-state index in [1.165, 1.54) is 7.11 Å². The van der Waals surface area contributed by atoms with Gasteiger partial charge in [0.2, 0.25) is 0 Å². The predicted octanol–water partition coefficient (Wildman–Crippen LogP) is 2.29. The monoisotopic (exact) mass is 367 g/mol. The number of anilines is 1. The molecule has 4 rings (SSSR count). The molecule has 1 saturated heterocycles. The molecule has 2 aliphatic rings. The second-order valence-corrected chi connectivity index (χ2v) is 7.10. The molecule has 2 atom stereocenters. The van der Waals surface area contributed by atoms with Crippen molar-refractivity contribution in [2.75, 3.05) is 25.5 Å². The van der Waals surface area contributed by atoms with Crippen molar-refractivity contribution in [1.82, 2.24) is 9.47 Å². The van der Waals surface area contributed by atoms with Crippen molar-refractivity contribution in [3.8, 4) is 0 Å². The van der Waals surface area contributed by atoms with Crippen molar-refractivity contribution in [2.45, 2.75) is 18.9 Å². The van der Waals surface area contributed by atoms with Crippen LogP contribution in [0, 0.1) is 5.92 Å². The number of benzene rings is 1. The first-order chi connectivity index (χ1) is 13.0. The van der Waals surface area contributed by atoms with Crippen LogP contribution in [0.1, 0.15) is 28.4 Å². The molecular formula is C20H21N3O4. The fraction of sp³-hybridized carbons (Fsp3) is 0.350. The van der Waals surface area contributed by atoms with Gasteiger partial charge in [0, 0.05) is 43.0 Å². The van der Waals surface area contributed by atoms with Crippen LogP contribution in [0.25, 0.3) is 0 Å². The zero-order valence-electron chi connectivity index (χ0n) is 15.1. The number of aromatic nitrogens is 1. The molecule has 0 saturated carbocycles. The van der Waals surface area contributed by atoms with Gasteiger partial charge in [0.05, 0.1) is 12.7 Å². The first-order valence-corrected chi connectivity index (χ1v) is 8.99. The minimum atomic E-state index is -0.411. The van der Waals surface area contributed by atoms with E-state index in [-0.39, 0.29) is 23.4 Å². The molecule has 27 heavy (non-hydrogen) atoms. The van der Waals surface area contributed by atoms with Gasteiger partial charge in [-0.1, -0.05) is 6.07 Å². The van der Waals surface area contributed by atoms with E-state index >= 15 is 0 Å². The molecule has 1 N–H and O–H groups in total. The lowest BCUT2D eigenvalue weighted by atomic mass is 9.83. The highest BCUT2D eigenvalue weighted by molar-refractivity contribution is 5.92. The van der Waals surface area contributed by atoms with E-state index in [9.17, 15) is 14.4 Å². The summed E-state index contributed by atoms with van der Waals surface area (Å²) in [6, 6.07) is 11.8. The number of piperidine rings is 1. The van der Waals surface area contributed by atoms with Crippen molar-refractivity contribution in [3.63, 3.8) is 0 Å². The molecule has 1 fully saturated rings. The molecule has 2 aromatic rings. The second kappa shape index (κ2) is 6.90. The van der Waals surface area contributed by atoms with Crippen LogP contribution >= 0.6 is 0 Å². The number of urea groups is 1. The van der Waals surface area contributed by atoms with Crippen LogP contribution < -0.4 is 10.9 Å². The number of amides is 2. The third-order valence-corrected chi connectivity index (χ3v) is 5.32. The van der Waals surface area contributed by atoms with Gasteiger partial charge >= 0.3 is 12.0 Å². The Kier molecular flexibility index (Phi) is 4.43. The lowest BCUT2D eigenvalue weighted by Crippen LogP contribution is -2.50. The van der Waals surface area contributed by atoms with Crippen LogP contribution in [-0.2, 0) is 11.3 Å². The zero-order valence-corrected chi connectivity index (χ0v) is 15.1. The number of nitrogens with one attached hydrogen (secondary N) is 1. The van der Waals surface area contributed by atoms with Crippen LogP contribution in [0.2, 0.25) is 0 Å². The highest BCUT2D eigenvalue weighted by atomic mass is 16.5. The molecule has 0 spiro atoms. The smallest absolute Gasteiger partial charge is 0.337 e. The molecule has 1 aromatic heterocycles. The summed E-state index contributed by atoms with van der Waals surface area (Å²) in [4.78, 5) is 38.1. The summed E-state index contributed by atoms with van der Waals surface area (Å²) >= 11 is 0. The second-order valence-electron chi connectivity index (χ2n) is 7.10. The van der Waals surface area contributed by atoms with E-state index in [0.717, 1.165) is 12.1 Å². The number of likely N-dealkylation sites (tertiary alicyclic amines) is 1. The Hall–Kier alpha value is -3.09. The first kappa shape index (κ1) is 17.3. The van der Waals surface area contributed by atoms with E-state index in [1.807, 2.05) is 15.5 Å². The Morgan fingerprint density at radius 3 is 2.59 bits per heavy atom. The molecule has 0 radical (unpaired) electrons. The Balaban J connectivity index is 1.46. The van der Waals surface area contributed by atoms with Crippen LogP contribution in [0.15, 0.2) is 47.3 Å². The van der Waals surface area contributed by atoms with Gasteiger partial charge < -0.3 is 19.5 Å². The molecule has 0 unspecified atom stereocenters. The maximum absolute atomic E-state index is 12.7.